The predicted octanol–water partition coefficient (Wildman–Crippen LogP) is 2.38. The van der Waals surface area contributed by atoms with Gasteiger partial charge in [-0.15, -0.1) is 0 Å². The Morgan fingerprint density at radius 2 is 2.19 bits per heavy atom. The quantitative estimate of drug-likeness (QED) is 0.445. The van der Waals surface area contributed by atoms with E-state index in [-0.39, 0.29) is 35.6 Å². The van der Waals surface area contributed by atoms with Crippen LogP contribution >= 0.6 is 0 Å². The maximum Gasteiger partial charge on any atom is 0.311 e. The molecule has 0 aromatic carbocycles. The van der Waals surface area contributed by atoms with Crippen LogP contribution in [-0.2, 0) is 14.3 Å². The SMILES string of the molecule is C/C1=C/CC[C@@]2(C)O[C@H]2[C@H]2OC(=O)C(CN(C)C)[C@@H]2CC1. The van der Waals surface area contributed by atoms with E-state index in [1.54, 1.807) is 0 Å². The minimum absolute atomic E-state index is 0.00863. The lowest BCUT2D eigenvalue weighted by atomic mass is 9.80. The molecule has 0 amide bonds. The van der Waals surface area contributed by atoms with Crippen LogP contribution in [0.15, 0.2) is 11.6 Å². The zero-order valence-electron chi connectivity index (χ0n) is 13.6. The highest BCUT2D eigenvalue weighted by atomic mass is 16.6. The van der Waals surface area contributed by atoms with Crippen LogP contribution < -0.4 is 0 Å². The summed E-state index contributed by atoms with van der Waals surface area (Å²) < 4.78 is 11.7. The van der Waals surface area contributed by atoms with Crippen molar-refractivity contribution in [1.29, 1.82) is 0 Å². The van der Waals surface area contributed by atoms with Crippen LogP contribution in [0.1, 0.15) is 39.5 Å². The summed E-state index contributed by atoms with van der Waals surface area (Å²) in [5, 5.41) is 0. The van der Waals surface area contributed by atoms with Crippen LogP contribution in [0.3, 0.4) is 0 Å². The van der Waals surface area contributed by atoms with Gasteiger partial charge in [-0.3, -0.25) is 4.79 Å². The number of esters is 1. The van der Waals surface area contributed by atoms with Gasteiger partial charge in [-0.2, -0.15) is 0 Å². The lowest BCUT2D eigenvalue weighted by Crippen LogP contribution is -2.34. The third-order valence-electron chi connectivity index (χ3n) is 5.30. The van der Waals surface area contributed by atoms with Crippen LogP contribution in [0.4, 0.5) is 0 Å². The normalized spacial score (nSPS) is 45.4. The first kappa shape index (κ1) is 15.0. The van der Waals surface area contributed by atoms with Crippen LogP contribution in [0.5, 0.6) is 0 Å². The Balaban J connectivity index is 1.83. The fourth-order valence-corrected chi connectivity index (χ4v) is 3.94. The van der Waals surface area contributed by atoms with Gasteiger partial charge >= 0.3 is 5.97 Å². The Kier molecular flexibility index (Phi) is 3.87. The van der Waals surface area contributed by atoms with E-state index in [4.69, 9.17) is 9.47 Å². The highest BCUT2D eigenvalue weighted by molar-refractivity contribution is 5.75. The van der Waals surface area contributed by atoms with Crippen LogP contribution in [0, 0.1) is 11.8 Å². The number of fused-ring (bicyclic) bond motifs is 3. The molecule has 3 rings (SSSR count). The molecule has 0 aromatic heterocycles. The number of allylic oxidation sites excluding steroid dienone is 2. The maximum absolute atomic E-state index is 12.3. The minimum Gasteiger partial charge on any atom is -0.459 e. The summed E-state index contributed by atoms with van der Waals surface area (Å²) in [5.41, 5.74) is 1.34. The summed E-state index contributed by atoms with van der Waals surface area (Å²) in [6.07, 6.45) is 6.56. The van der Waals surface area contributed by atoms with E-state index < -0.39 is 0 Å². The molecular formula is C17H27NO3. The standard InChI is InChI=1S/C17H27NO3/c1-11-6-5-9-17(2)15(21-17)14-12(8-7-11)13(10-18(3)4)16(19)20-14/h6,12-15H,5,7-10H2,1-4H3/b11-6-/t12-,13?,14-,15-,17+/m0/s1. The first-order chi connectivity index (χ1) is 9.90. The molecule has 5 atom stereocenters. The molecule has 0 radical (unpaired) electrons. The zero-order chi connectivity index (χ0) is 15.2. The number of carbonyl (C=O) groups excluding carboxylic acids is 1. The van der Waals surface area contributed by atoms with Crippen LogP contribution in [-0.4, -0.2) is 49.3 Å². The van der Waals surface area contributed by atoms with Crippen molar-refractivity contribution in [2.75, 3.05) is 20.6 Å². The molecule has 118 valence electrons. The Morgan fingerprint density at radius 1 is 1.43 bits per heavy atom. The van der Waals surface area contributed by atoms with E-state index in [0.29, 0.717) is 0 Å². The Hall–Kier alpha value is -0.870. The number of carbonyl (C=O) groups is 1. The van der Waals surface area contributed by atoms with Gasteiger partial charge in [0.25, 0.3) is 0 Å². The first-order valence-corrected chi connectivity index (χ1v) is 8.09. The second-order valence-electron chi connectivity index (χ2n) is 7.41. The molecule has 0 aromatic rings. The van der Waals surface area contributed by atoms with Crippen molar-refractivity contribution >= 4 is 5.97 Å². The summed E-state index contributed by atoms with van der Waals surface area (Å²) in [6.45, 7) is 5.13. The van der Waals surface area contributed by atoms with E-state index in [0.717, 1.165) is 32.2 Å². The Bertz CT molecular complexity index is 459. The third-order valence-corrected chi connectivity index (χ3v) is 5.30. The van der Waals surface area contributed by atoms with Gasteiger partial charge in [-0.05, 0) is 53.6 Å². The van der Waals surface area contributed by atoms with Gasteiger partial charge in [-0.25, -0.2) is 0 Å². The molecule has 21 heavy (non-hydrogen) atoms. The van der Waals surface area contributed by atoms with Gasteiger partial charge < -0.3 is 14.4 Å². The number of hydrogen-bond donors (Lipinski definition) is 0. The molecule has 1 aliphatic carbocycles. The Labute approximate surface area is 127 Å². The van der Waals surface area contributed by atoms with Crippen molar-refractivity contribution in [3.8, 4) is 0 Å². The van der Waals surface area contributed by atoms with Gasteiger partial charge in [-0.1, -0.05) is 11.6 Å². The number of epoxide rings is 1. The summed E-state index contributed by atoms with van der Waals surface area (Å²) >= 11 is 0. The molecule has 2 saturated heterocycles. The minimum atomic E-state index is -0.0929. The molecule has 0 spiro atoms. The molecule has 0 N–H and O–H groups in total. The molecule has 2 aliphatic heterocycles. The topological polar surface area (TPSA) is 42.1 Å². The fraction of sp³-hybridized carbons (Fsp3) is 0.824. The second-order valence-corrected chi connectivity index (χ2v) is 7.41. The average molecular weight is 293 g/mol. The lowest BCUT2D eigenvalue weighted by molar-refractivity contribution is -0.145. The van der Waals surface area contributed by atoms with E-state index in [2.05, 4.69) is 24.8 Å². The first-order valence-electron chi connectivity index (χ1n) is 8.09. The summed E-state index contributed by atoms with van der Waals surface area (Å²) in [4.78, 5) is 14.4. The molecule has 4 nitrogen and oxygen atoms in total. The largest absolute Gasteiger partial charge is 0.459 e. The summed E-state index contributed by atoms with van der Waals surface area (Å²) in [5.74, 6) is 0.247. The Morgan fingerprint density at radius 3 is 2.90 bits per heavy atom. The maximum atomic E-state index is 12.3. The highest BCUT2D eigenvalue weighted by Crippen LogP contribution is 2.50. The van der Waals surface area contributed by atoms with Crippen molar-refractivity contribution < 1.29 is 14.3 Å². The molecule has 1 unspecified atom stereocenters. The average Bonchev–Trinajstić information content (AvgIpc) is 2.97. The van der Waals surface area contributed by atoms with E-state index >= 15 is 0 Å². The summed E-state index contributed by atoms with van der Waals surface area (Å²) in [6, 6.07) is 0. The van der Waals surface area contributed by atoms with Gasteiger partial charge in [0.05, 0.1) is 11.5 Å². The van der Waals surface area contributed by atoms with Crippen molar-refractivity contribution in [2.24, 2.45) is 11.8 Å². The van der Waals surface area contributed by atoms with Gasteiger partial charge in [0, 0.05) is 12.5 Å². The van der Waals surface area contributed by atoms with E-state index in [1.165, 1.54) is 5.57 Å². The fourth-order valence-electron chi connectivity index (χ4n) is 3.94. The van der Waals surface area contributed by atoms with Crippen molar-refractivity contribution in [2.45, 2.75) is 57.3 Å². The van der Waals surface area contributed by atoms with Crippen molar-refractivity contribution in [3.05, 3.63) is 11.6 Å². The smallest absolute Gasteiger partial charge is 0.311 e. The number of nitrogens with zero attached hydrogens (tertiary/aromatic N) is 1. The van der Waals surface area contributed by atoms with Gasteiger partial charge in [0.1, 0.15) is 12.2 Å². The zero-order valence-corrected chi connectivity index (χ0v) is 13.6. The molecule has 3 aliphatic rings. The predicted molar refractivity (Wildman–Crippen MR) is 80.9 cm³/mol. The molecule has 0 saturated carbocycles. The van der Waals surface area contributed by atoms with Crippen LogP contribution in [0.25, 0.3) is 0 Å². The van der Waals surface area contributed by atoms with Gasteiger partial charge in [0.15, 0.2) is 0 Å². The van der Waals surface area contributed by atoms with E-state index in [9.17, 15) is 4.79 Å². The van der Waals surface area contributed by atoms with Crippen LogP contribution in [0.2, 0.25) is 0 Å². The molecule has 4 heteroatoms. The summed E-state index contributed by atoms with van der Waals surface area (Å²) in [7, 11) is 4.04. The highest BCUT2D eigenvalue weighted by Gasteiger charge is 2.62. The number of ether oxygens (including phenoxy) is 2. The van der Waals surface area contributed by atoms with Crippen molar-refractivity contribution in [1.82, 2.24) is 4.90 Å². The molecular weight excluding hydrogens is 266 g/mol. The molecule has 2 heterocycles. The molecule has 2 fully saturated rings. The number of rotatable bonds is 2. The lowest BCUT2D eigenvalue weighted by Gasteiger charge is -2.23. The second kappa shape index (κ2) is 5.40. The van der Waals surface area contributed by atoms with E-state index in [1.807, 2.05) is 14.1 Å². The monoisotopic (exact) mass is 293 g/mol. The van der Waals surface area contributed by atoms with Crippen molar-refractivity contribution in [3.63, 3.8) is 0 Å². The molecule has 0 bridgehead atoms. The van der Waals surface area contributed by atoms with Gasteiger partial charge in [0.2, 0.25) is 0 Å². The number of hydrogen-bond acceptors (Lipinski definition) is 4. The third kappa shape index (κ3) is 2.88.